The molecule has 172 valence electrons. The summed E-state index contributed by atoms with van der Waals surface area (Å²) in [5.74, 6) is 4.06. The molecule has 3 heteroatoms. The Bertz CT molecular complexity index is 646. The fourth-order valence-electron chi connectivity index (χ4n) is 9.56. The van der Waals surface area contributed by atoms with Gasteiger partial charge in [-0.25, -0.2) is 0 Å². The van der Waals surface area contributed by atoms with Crippen molar-refractivity contribution in [2.45, 2.75) is 111 Å². The van der Waals surface area contributed by atoms with Gasteiger partial charge in [-0.15, -0.1) is 0 Å². The molecule has 2 N–H and O–H groups in total. The Hall–Kier alpha value is -0.410. The predicted octanol–water partition coefficient (Wildman–Crippen LogP) is 5.62. The van der Waals surface area contributed by atoms with Crippen LogP contribution in [-0.2, 0) is 4.79 Å². The van der Waals surface area contributed by atoms with E-state index in [1.165, 1.54) is 25.7 Å². The van der Waals surface area contributed by atoms with E-state index >= 15 is 0 Å². The van der Waals surface area contributed by atoms with E-state index in [2.05, 4.69) is 27.7 Å². The zero-order valence-corrected chi connectivity index (χ0v) is 20.1. The molecule has 0 aromatic carbocycles. The molecule has 4 aliphatic carbocycles. The molecule has 0 aromatic rings. The molecule has 0 bridgehead atoms. The second-order valence-electron chi connectivity index (χ2n) is 12.3. The average molecular weight is 419 g/mol. The largest absolute Gasteiger partial charge is 0.393 e. The van der Waals surface area contributed by atoms with Gasteiger partial charge in [-0.1, -0.05) is 34.1 Å². The summed E-state index contributed by atoms with van der Waals surface area (Å²) in [5.41, 5.74) is 0.595. The van der Waals surface area contributed by atoms with Crippen molar-refractivity contribution in [2.75, 3.05) is 0 Å². The molecule has 11 atom stereocenters. The maximum atomic E-state index is 11.7. The van der Waals surface area contributed by atoms with Crippen LogP contribution in [0.3, 0.4) is 0 Å². The van der Waals surface area contributed by atoms with E-state index in [1.807, 2.05) is 0 Å². The molecule has 0 heterocycles. The first-order valence-electron chi connectivity index (χ1n) is 13.0. The van der Waals surface area contributed by atoms with Crippen LogP contribution in [0.15, 0.2) is 0 Å². The minimum atomic E-state index is -0.209. The smallest absolute Gasteiger partial charge is 0.129 e. The Morgan fingerprint density at radius 3 is 2.33 bits per heavy atom. The first-order valence-corrected chi connectivity index (χ1v) is 13.0. The van der Waals surface area contributed by atoms with Gasteiger partial charge in [0.25, 0.3) is 0 Å². The highest BCUT2D eigenvalue weighted by molar-refractivity contribution is 5.75. The van der Waals surface area contributed by atoms with Gasteiger partial charge in [-0.2, -0.15) is 0 Å². The molecule has 0 saturated heterocycles. The van der Waals surface area contributed by atoms with E-state index < -0.39 is 0 Å². The monoisotopic (exact) mass is 418 g/mol. The summed E-state index contributed by atoms with van der Waals surface area (Å²) in [5, 5.41) is 22.2. The minimum absolute atomic E-state index is 0.173. The number of carbonyl (C=O) groups excluding carboxylic acids is 1. The number of ketones is 1. The minimum Gasteiger partial charge on any atom is -0.393 e. The summed E-state index contributed by atoms with van der Waals surface area (Å²) in [7, 11) is 0. The van der Waals surface area contributed by atoms with Crippen molar-refractivity contribution in [3.8, 4) is 0 Å². The highest BCUT2D eigenvalue weighted by atomic mass is 16.3. The fourth-order valence-corrected chi connectivity index (χ4v) is 9.56. The van der Waals surface area contributed by atoms with Crippen molar-refractivity contribution in [1.82, 2.24) is 0 Å². The number of rotatable bonds is 5. The number of hydrogen-bond acceptors (Lipinski definition) is 3. The number of Topliss-reactive ketones (excluding diaryl/α,β-unsaturated/α-hetero) is 1. The van der Waals surface area contributed by atoms with Crippen LogP contribution in [0.4, 0.5) is 0 Å². The lowest BCUT2D eigenvalue weighted by Crippen LogP contribution is -2.62. The summed E-state index contributed by atoms with van der Waals surface area (Å²) in [4.78, 5) is 11.6. The second-order valence-corrected chi connectivity index (χ2v) is 12.3. The third-order valence-electron chi connectivity index (χ3n) is 11.1. The second kappa shape index (κ2) is 8.18. The molecule has 0 aliphatic heterocycles. The van der Waals surface area contributed by atoms with E-state index in [4.69, 9.17) is 0 Å². The van der Waals surface area contributed by atoms with Crippen LogP contribution >= 0.6 is 0 Å². The van der Waals surface area contributed by atoms with Crippen molar-refractivity contribution in [1.29, 1.82) is 0 Å². The van der Waals surface area contributed by atoms with Crippen LogP contribution in [0.1, 0.15) is 98.8 Å². The van der Waals surface area contributed by atoms with Gasteiger partial charge in [0.2, 0.25) is 0 Å². The Morgan fingerprint density at radius 1 is 1.00 bits per heavy atom. The molecule has 30 heavy (non-hydrogen) atoms. The van der Waals surface area contributed by atoms with E-state index in [0.29, 0.717) is 59.0 Å². The third kappa shape index (κ3) is 3.41. The molecule has 0 aromatic heterocycles. The number of carbonyl (C=O) groups is 1. The van der Waals surface area contributed by atoms with Gasteiger partial charge in [0.05, 0.1) is 12.2 Å². The summed E-state index contributed by atoms with van der Waals surface area (Å²) in [6.07, 6.45) is 10.4. The van der Waals surface area contributed by atoms with Crippen LogP contribution in [0.25, 0.3) is 0 Å². The van der Waals surface area contributed by atoms with E-state index in [9.17, 15) is 15.0 Å². The molecule has 0 amide bonds. The highest BCUT2D eigenvalue weighted by Crippen LogP contribution is 2.69. The first-order chi connectivity index (χ1) is 14.1. The summed E-state index contributed by atoms with van der Waals surface area (Å²) in [6.45, 7) is 11.4. The van der Waals surface area contributed by atoms with E-state index in [-0.39, 0.29) is 17.6 Å². The van der Waals surface area contributed by atoms with Gasteiger partial charge in [0, 0.05) is 6.42 Å². The van der Waals surface area contributed by atoms with E-state index in [1.54, 1.807) is 6.92 Å². The zero-order valence-electron chi connectivity index (χ0n) is 20.1. The topological polar surface area (TPSA) is 57.5 Å². The molecule has 4 rings (SSSR count). The van der Waals surface area contributed by atoms with Gasteiger partial charge in [-0.3, -0.25) is 0 Å². The Kier molecular flexibility index (Phi) is 6.21. The SMILES string of the molecule is CC[C@H]1[C@H](O)C2C3CC[C@H]([C@H](C)CCC(C)=O)[C@@]3(C)CCC2[C@@]2(C)CC[C@@H](O)C[C@@H]12. The molecule has 3 nitrogen and oxygen atoms in total. The lowest BCUT2D eigenvalue weighted by molar-refractivity contribution is -0.203. The van der Waals surface area contributed by atoms with Gasteiger partial charge in [0.15, 0.2) is 0 Å². The first kappa shape index (κ1) is 22.8. The lowest BCUT2D eigenvalue weighted by Gasteiger charge is -2.64. The Balaban J connectivity index is 1.61. The molecule has 4 aliphatic rings. The number of aliphatic hydroxyl groups excluding tert-OH is 2. The normalized spacial score (nSPS) is 51.6. The molecule has 3 unspecified atom stereocenters. The Labute approximate surface area is 184 Å². The van der Waals surface area contributed by atoms with Crippen molar-refractivity contribution in [3.63, 3.8) is 0 Å². The van der Waals surface area contributed by atoms with Crippen LogP contribution in [-0.4, -0.2) is 28.2 Å². The van der Waals surface area contributed by atoms with Crippen molar-refractivity contribution in [2.24, 2.45) is 52.3 Å². The highest BCUT2D eigenvalue weighted by Gasteiger charge is 2.64. The van der Waals surface area contributed by atoms with Gasteiger partial charge in [-0.05, 0) is 111 Å². The maximum absolute atomic E-state index is 11.7. The maximum Gasteiger partial charge on any atom is 0.129 e. The van der Waals surface area contributed by atoms with Gasteiger partial charge >= 0.3 is 0 Å². The zero-order chi connectivity index (χ0) is 21.8. The molecular formula is C27H46O3. The fraction of sp³-hybridized carbons (Fsp3) is 0.963. The van der Waals surface area contributed by atoms with Crippen molar-refractivity contribution < 1.29 is 15.0 Å². The average Bonchev–Trinajstić information content (AvgIpc) is 3.05. The van der Waals surface area contributed by atoms with Crippen molar-refractivity contribution >= 4 is 5.78 Å². The quantitative estimate of drug-likeness (QED) is 0.609. The molecular weight excluding hydrogens is 372 g/mol. The molecule has 0 radical (unpaired) electrons. The number of fused-ring (bicyclic) bond motifs is 5. The molecule has 4 saturated carbocycles. The van der Waals surface area contributed by atoms with Gasteiger partial charge in [0.1, 0.15) is 5.78 Å². The Morgan fingerprint density at radius 2 is 1.67 bits per heavy atom. The van der Waals surface area contributed by atoms with Crippen LogP contribution < -0.4 is 0 Å². The summed E-state index contributed by atoms with van der Waals surface area (Å²) < 4.78 is 0. The lowest BCUT2D eigenvalue weighted by atomic mass is 9.41. The number of hydrogen-bond donors (Lipinski definition) is 2. The van der Waals surface area contributed by atoms with Crippen LogP contribution in [0.5, 0.6) is 0 Å². The summed E-state index contributed by atoms with van der Waals surface area (Å²) >= 11 is 0. The van der Waals surface area contributed by atoms with Crippen molar-refractivity contribution in [3.05, 3.63) is 0 Å². The predicted molar refractivity (Wildman–Crippen MR) is 121 cm³/mol. The van der Waals surface area contributed by atoms with E-state index in [0.717, 1.165) is 32.1 Å². The van der Waals surface area contributed by atoms with Gasteiger partial charge < -0.3 is 15.0 Å². The number of aliphatic hydroxyl groups is 2. The van der Waals surface area contributed by atoms with Crippen LogP contribution in [0, 0.1) is 52.3 Å². The van der Waals surface area contributed by atoms with Crippen LogP contribution in [0.2, 0.25) is 0 Å². The molecule has 4 fully saturated rings. The molecule has 0 spiro atoms. The summed E-state index contributed by atoms with van der Waals surface area (Å²) in [6, 6.07) is 0. The standard InChI is InChI=1S/C27H46O3/c1-6-19-23-15-18(29)11-13-27(23,5)22-12-14-26(4)20(16(2)7-8-17(3)28)9-10-21(26)24(22)25(19)30/h16,18-25,29-30H,6-15H2,1-5H3/t16-,18-,19-,20-,21?,22?,23+,24?,25+,26-,27-/m1/s1. The third-order valence-corrected chi connectivity index (χ3v) is 11.1.